The Bertz CT molecular complexity index is 320. The molecule has 0 spiro atoms. The van der Waals surface area contributed by atoms with Gasteiger partial charge in [0.15, 0.2) is 0 Å². The molecule has 0 aromatic carbocycles. The van der Waals surface area contributed by atoms with Gasteiger partial charge in [0.05, 0.1) is 7.11 Å². The van der Waals surface area contributed by atoms with E-state index in [0.29, 0.717) is 5.92 Å². The van der Waals surface area contributed by atoms with E-state index in [-0.39, 0.29) is 11.4 Å². The van der Waals surface area contributed by atoms with Crippen LogP contribution in [0.5, 0.6) is 0 Å². The Hall–Kier alpha value is -0.985. The zero-order valence-corrected chi connectivity index (χ0v) is 10.4. The first-order chi connectivity index (χ1) is 6.98. The molecule has 0 saturated carbocycles. The second-order valence-electron chi connectivity index (χ2n) is 4.57. The quantitative estimate of drug-likeness (QED) is 0.629. The molecule has 0 aromatic rings. The number of allylic oxidation sites excluding steroid dienone is 2. The smallest absolute Gasteiger partial charge is 0.211 e. The number of rotatable bonds is 2. The highest BCUT2D eigenvalue weighted by molar-refractivity contribution is 6.17. The zero-order chi connectivity index (χ0) is 11.6. The molecule has 0 saturated heterocycles. The average Bonchev–Trinajstić information content (AvgIpc) is 2.44. The Kier molecular flexibility index (Phi) is 3.43. The van der Waals surface area contributed by atoms with Crippen molar-refractivity contribution in [3.8, 4) is 0 Å². The van der Waals surface area contributed by atoms with Crippen molar-refractivity contribution in [1.29, 1.82) is 0 Å². The van der Waals surface area contributed by atoms with Gasteiger partial charge in [0.1, 0.15) is 7.85 Å². The molecule has 1 aliphatic heterocycles. The van der Waals surface area contributed by atoms with E-state index in [1.807, 2.05) is 12.2 Å². The zero-order valence-electron chi connectivity index (χ0n) is 10.4. The molecule has 0 aliphatic carbocycles. The van der Waals surface area contributed by atoms with Gasteiger partial charge in [0.25, 0.3) is 0 Å². The van der Waals surface area contributed by atoms with Crippen molar-refractivity contribution in [3.05, 3.63) is 24.3 Å². The number of hydrogen-bond donors (Lipinski definition) is 0. The van der Waals surface area contributed by atoms with Gasteiger partial charge in [-0.15, -0.1) is 0 Å². The van der Waals surface area contributed by atoms with E-state index in [2.05, 4.69) is 40.2 Å². The van der Waals surface area contributed by atoms with E-state index in [1.54, 1.807) is 7.11 Å². The van der Waals surface area contributed by atoms with Crippen LogP contribution in [-0.2, 0) is 4.74 Å². The highest BCUT2D eigenvalue weighted by Crippen LogP contribution is 2.44. The van der Waals surface area contributed by atoms with Gasteiger partial charge in [-0.2, -0.15) is 0 Å². The largest absolute Gasteiger partial charge is 0.481 e. The summed E-state index contributed by atoms with van der Waals surface area (Å²) in [6, 6.07) is 0. The molecule has 3 heteroatoms. The molecule has 2 atom stereocenters. The van der Waals surface area contributed by atoms with Crippen molar-refractivity contribution in [2.45, 2.75) is 26.7 Å². The lowest BCUT2D eigenvalue weighted by Crippen LogP contribution is -2.35. The predicted octanol–water partition coefficient (Wildman–Crippen LogP) is 1.78. The fourth-order valence-corrected chi connectivity index (χ4v) is 2.16. The lowest BCUT2D eigenvalue weighted by Gasteiger charge is -2.34. The second-order valence-corrected chi connectivity index (χ2v) is 4.57. The third-order valence-electron chi connectivity index (χ3n) is 3.67. The van der Waals surface area contributed by atoms with Gasteiger partial charge >= 0.3 is 0 Å². The van der Waals surface area contributed by atoms with Crippen LogP contribution in [0.1, 0.15) is 20.8 Å². The summed E-state index contributed by atoms with van der Waals surface area (Å²) in [5.41, 5.74) is 1.22. The summed E-state index contributed by atoms with van der Waals surface area (Å²) in [6.45, 7) is 10.4. The van der Waals surface area contributed by atoms with Crippen LogP contribution in [0.2, 0.25) is 0 Å². The molecule has 0 N–H and O–H groups in total. The van der Waals surface area contributed by atoms with Crippen LogP contribution in [0, 0.1) is 11.3 Å². The maximum atomic E-state index is 5.33. The van der Waals surface area contributed by atoms with Crippen molar-refractivity contribution in [3.63, 3.8) is 0 Å². The molecule has 0 fully saturated rings. The Morgan fingerprint density at radius 2 is 2.20 bits per heavy atom. The minimum absolute atomic E-state index is 0.0551. The minimum atomic E-state index is 0.0551. The van der Waals surface area contributed by atoms with Gasteiger partial charge in [-0.05, 0) is 5.92 Å². The van der Waals surface area contributed by atoms with Crippen LogP contribution in [-0.4, -0.2) is 26.8 Å². The van der Waals surface area contributed by atoms with Gasteiger partial charge in [-0.1, -0.05) is 39.5 Å². The summed E-state index contributed by atoms with van der Waals surface area (Å²) in [7, 11) is 3.82. The van der Waals surface area contributed by atoms with Gasteiger partial charge in [-0.3, -0.25) is 4.99 Å². The Balaban J connectivity index is 3.21. The Morgan fingerprint density at radius 1 is 1.60 bits per heavy atom. The van der Waals surface area contributed by atoms with Crippen molar-refractivity contribution in [1.82, 2.24) is 0 Å². The summed E-state index contributed by atoms with van der Waals surface area (Å²) >= 11 is 0. The monoisotopic (exact) mass is 205 g/mol. The number of hydrogen-bond acceptors (Lipinski definition) is 2. The second kappa shape index (κ2) is 4.25. The highest BCUT2D eigenvalue weighted by atomic mass is 16.5. The average molecular weight is 205 g/mol. The molecule has 1 heterocycles. The first-order valence-electron chi connectivity index (χ1n) is 5.43. The van der Waals surface area contributed by atoms with Crippen LogP contribution < -0.4 is 0 Å². The predicted molar refractivity (Wildman–Crippen MR) is 68.0 cm³/mol. The lowest BCUT2D eigenvalue weighted by atomic mass is 9.63. The molecular weight excluding hydrogens is 185 g/mol. The number of methoxy groups -OCH3 is 1. The summed E-state index contributed by atoms with van der Waals surface area (Å²) < 4.78 is 5.33. The highest BCUT2D eigenvalue weighted by Gasteiger charge is 2.45. The van der Waals surface area contributed by atoms with Crippen molar-refractivity contribution in [2.24, 2.45) is 16.3 Å². The Labute approximate surface area is 93.5 Å². The summed E-state index contributed by atoms with van der Waals surface area (Å²) in [5, 5.41) is 0. The van der Waals surface area contributed by atoms with E-state index < -0.39 is 0 Å². The fourth-order valence-electron chi connectivity index (χ4n) is 2.16. The minimum Gasteiger partial charge on any atom is -0.481 e. The standard InChI is InChI=1S/C12H20BNO/c1-6-7-9-10(15-5)14-11(13)12(9,4)8(2)3/h6-8,11H,1,13H2,2-5H3/b9-7-/t11?,12-/m1/s1. The first-order valence-corrected chi connectivity index (χ1v) is 5.43. The molecule has 82 valence electrons. The first kappa shape index (κ1) is 12.1. The van der Waals surface area contributed by atoms with E-state index in [4.69, 9.17) is 4.74 Å². The normalized spacial score (nSPS) is 33.3. The number of nitrogens with zero attached hydrogens (tertiary/aromatic N) is 1. The fraction of sp³-hybridized carbons (Fsp3) is 0.583. The van der Waals surface area contributed by atoms with Crippen LogP contribution in [0.15, 0.2) is 29.3 Å². The van der Waals surface area contributed by atoms with Crippen LogP contribution >= 0.6 is 0 Å². The molecule has 0 radical (unpaired) electrons. The third-order valence-corrected chi connectivity index (χ3v) is 3.67. The lowest BCUT2D eigenvalue weighted by molar-refractivity contribution is 0.285. The Morgan fingerprint density at radius 3 is 2.60 bits per heavy atom. The summed E-state index contributed by atoms with van der Waals surface area (Å²) in [4.78, 5) is 4.56. The molecule has 2 nitrogen and oxygen atoms in total. The van der Waals surface area contributed by atoms with Gasteiger partial charge in [0.2, 0.25) is 5.90 Å². The van der Waals surface area contributed by atoms with Crippen molar-refractivity contribution >= 4 is 13.7 Å². The number of ether oxygens (including phenoxy) is 1. The topological polar surface area (TPSA) is 21.6 Å². The van der Waals surface area contributed by atoms with Crippen molar-refractivity contribution < 1.29 is 4.74 Å². The molecule has 0 aromatic heterocycles. The molecule has 1 unspecified atom stereocenters. The third kappa shape index (κ3) is 1.75. The van der Waals surface area contributed by atoms with Crippen LogP contribution in [0.25, 0.3) is 0 Å². The van der Waals surface area contributed by atoms with Gasteiger partial charge in [-0.25, -0.2) is 0 Å². The molecule has 0 bridgehead atoms. The van der Waals surface area contributed by atoms with E-state index in [0.717, 1.165) is 5.90 Å². The maximum absolute atomic E-state index is 5.33. The SMILES string of the molecule is BC1N=C(OC)/C(=C/C=C)[C@@]1(C)C(C)C. The van der Waals surface area contributed by atoms with E-state index in [1.165, 1.54) is 5.57 Å². The summed E-state index contributed by atoms with van der Waals surface area (Å²) in [6.07, 6.45) is 3.83. The van der Waals surface area contributed by atoms with Crippen LogP contribution in [0.3, 0.4) is 0 Å². The molecule has 0 amide bonds. The van der Waals surface area contributed by atoms with Crippen molar-refractivity contribution in [2.75, 3.05) is 7.11 Å². The van der Waals surface area contributed by atoms with E-state index >= 15 is 0 Å². The molecule has 1 rings (SSSR count). The van der Waals surface area contributed by atoms with E-state index in [9.17, 15) is 0 Å². The molecule has 1 aliphatic rings. The molecule has 15 heavy (non-hydrogen) atoms. The molecular formula is C12H20BNO. The maximum Gasteiger partial charge on any atom is 0.211 e. The summed E-state index contributed by atoms with van der Waals surface area (Å²) in [5.74, 6) is 1.55. The van der Waals surface area contributed by atoms with Crippen LogP contribution in [0.4, 0.5) is 0 Å². The van der Waals surface area contributed by atoms with Gasteiger partial charge < -0.3 is 4.74 Å². The number of aliphatic imine (C=N–C) groups is 1. The van der Waals surface area contributed by atoms with Gasteiger partial charge in [0, 0.05) is 16.9 Å².